The minimum absolute atomic E-state index is 0.0370. The van der Waals surface area contributed by atoms with E-state index in [1.165, 1.54) is 5.39 Å². The highest BCUT2D eigenvalue weighted by Gasteiger charge is 2.26. The van der Waals surface area contributed by atoms with E-state index in [2.05, 4.69) is 45.3 Å². The normalized spacial score (nSPS) is 11.4. The lowest BCUT2D eigenvalue weighted by Crippen LogP contribution is -2.33. The summed E-state index contributed by atoms with van der Waals surface area (Å²) in [6.07, 6.45) is 2.05. The van der Waals surface area contributed by atoms with Crippen LogP contribution in [0.4, 0.5) is 5.69 Å². The zero-order valence-electron chi connectivity index (χ0n) is 19.6. The van der Waals surface area contributed by atoms with Gasteiger partial charge in [-0.25, -0.2) is 4.31 Å². The van der Waals surface area contributed by atoms with Crippen molar-refractivity contribution in [1.29, 1.82) is 0 Å². The smallest absolute Gasteiger partial charge is 0.330 e. The van der Waals surface area contributed by atoms with Crippen molar-refractivity contribution >= 4 is 32.9 Å². The van der Waals surface area contributed by atoms with Gasteiger partial charge >= 0.3 is 16.3 Å². The minimum atomic E-state index is -4.32. The second-order valence-electron chi connectivity index (χ2n) is 8.36. The molecule has 6 nitrogen and oxygen atoms in total. The number of hydrogen-bond donors (Lipinski definition) is 0. The Hall–Kier alpha value is -4.36. The number of nitrogens with zero attached hydrogens (tertiary/aromatic N) is 2. The Kier molecular flexibility index (Phi) is 6.31. The van der Waals surface area contributed by atoms with Crippen molar-refractivity contribution < 1.29 is 17.4 Å². The first kappa shape index (κ1) is 23.4. The van der Waals surface area contributed by atoms with E-state index < -0.39 is 16.3 Å². The molecule has 1 heterocycles. The average molecular weight is 497 g/mol. The summed E-state index contributed by atoms with van der Waals surface area (Å²) >= 11 is 0. The van der Waals surface area contributed by atoms with Crippen LogP contribution in [0.1, 0.15) is 12.5 Å². The van der Waals surface area contributed by atoms with Crippen LogP contribution in [0.15, 0.2) is 115 Å². The fourth-order valence-electron chi connectivity index (χ4n) is 4.18. The third kappa shape index (κ3) is 4.87. The van der Waals surface area contributed by atoms with Crippen LogP contribution < -0.4 is 4.31 Å². The molecule has 0 saturated carbocycles. The van der Waals surface area contributed by atoms with Gasteiger partial charge in [-0.2, -0.15) is 8.42 Å². The van der Waals surface area contributed by atoms with Crippen LogP contribution in [0.5, 0.6) is 0 Å². The Morgan fingerprint density at radius 3 is 2.06 bits per heavy atom. The quantitative estimate of drug-likeness (QED) is 0.273. The van der Waals surface area contributed by atoms with Gasteiger partial charge in [-0.15, -0.1) is 0 Å². The Morgan fingerprint density at radius 1 is 0.778 bits per heavy atom. The van der Waals surface area contributed by atoms with Gasteiger partial charge in [0, 0.05) is 18.8 Å². The summed E-state index contributed by atoms with van der Waals surface area (Å²) < 4.78 is 33.6. The van der Waals surface area contributed by atoms with E-state index in [0.717, 1.165) is 39.1 Å². The molecule has 0 atom stereocenters. The van der Waals surface area contributed by atoms with Crippen molar-refractivity contribution in [2.45, 2.75) is 13.5 Å². The number of carbonyl (C=O) groups is 1. The topological polar surface area (TPSA) is 68.6 Å². The molecule has 0 saturated heterocycles. The molecule has 5 rings (SSSR count). The summed E-state index contributed by atoms with van der Waals surface area (Å²) in [7, 11) is -4.32. The lowest BCUT2D eigenvalue weighted by atomic mass is 10.0. The predicted octanol–water partition coefficient (Wildman–Crippen LogP) is 6.11. The van der Waals surface area contributed by atoms with Gasteiger partial charge in [0.1, 0.15) is 0 Å². The molecule has 0 aliphatic rings. The van der Waals surface area contributed by atoms with E-state index in [0.29, 0.717) is 5.69 Å². The Bertz CT molecular complexity index is 1610. The van der Waals surface area contributed by atoms with E-state index in [9.17, 15) is 13.2 Å². The summed E-state index contributed by atoms with van der Waals surface area (Å²) in [5, 5.41) is 1.18. The lowest BCUT2D eigenvalue weighted by Gasteiger charge is -2.23. The zero-order chi connectivity index (χ0) is 25.1. The molecule has 0 fully saturated rings. The number of para-hydroxylation sites is 1. The summed E-state index contributed by atoms with van der Waals surface area (Å²) in [6.45, 7) is 1.11. The molecular weight excluding hydrogens is 472 g/mol. The van der Waals surface area contributed by atoms with Crippen molar-refractivity contribution in [1.82, 2.24) is 4.57 Å². The third-order valence-electron chi connectivity index (χ3n) is 5.90. The van der Waals surface area contributed by atoms with Crippen LogP contribution in [0.3, 0.4) is 0 Å². The minimum Gasteiger partial charge on any atom is -0.330 e. The average Bonchev–Trinajstić information content (AvgIpc) is 3.32. The van der Waals surface area contributed by atoms with Gasteiger partial charge < -0.3 is 8.75 Å². The van der Waals surface area contributed by atoms with Crippen LogP contribution in [-0.2, 0) is 25.8 Å². The van der Waals surface area contributed by atoms with E-state index in [-0.39, 0.29) is 6.54 Å². The molecule has 0 N–H and O–H groups in total. The zero-order valence-corrected chi connectivity index (χ0v) is 20.4. The molecule has 5 aromatic rings. The van der Waals surface area contributed by atoms with E-state index >= 15 is 0 Å². The second kappa shape index (κ2) is 9.71. The summed E-state index contributed by atoms with van der Waals surface area (Å²) in [4.78, 5) is 11.4. The number of anilines is 1. The van der Waals surface area contributed by atoms with Gasteiger partial charge in [0.15, 0.2) is 0 Å². The van der Waals surface area contributed by atoms with Gasteiger partial charge in [-0.3, -0.25) is 4.79 Å². The first-order chi connectivity index (χ1) is 17.4. The van der Waals surface area contributed by atoms with E-state index in [4.69, 9.17) is 0 Å². The fraction of sp³-hybridized carbons (Fsp3) is 0.0690. The monoisotopic (exact) mass is 496 g/mol. The molecule has 0 bridgehead atoms. The predicted molar refractivity (Wildman–Crippen MR) is 142 cm³/mol. The molecule has 0 spiro atoms. The molecule has 180 valence electrons. The number of rotatable bonds is 7. The van der Waals surface area contributed by atoms with Gasteiger partial charge in [0.25, 0.3) is 0 Å². The van der Waals surface area contributed by atoms with Gasteiger partial charge in [0.05, 0.1) is 17.7 Å². The largest absolute Gasteiger partial charge is 0.412 e. The number of carbonyl (C=O) groups excluding carboxylic acids is 1. The number of hydrogen-bond acceptors (Lipinski definition) is 4. The number of aromatic nitrogens is 1. The summed E-state index contributed by atoms with van der Waals surface area (Å²) in [5.41, 5.74) is 5.30. The van der Waals surface area contributed by atoms with Crippen molar-refractivity contribution in [3.05, 3.63) is 121 Å². The first-order valence-corrected chi connectivity index (χ1v) is 12.8. The maximum atomic E-state index is 12.8. The van der Waals surface area contributed by atoms with Crippen LogP contribution >= 0.6 is 0 Å². The SMILES string of the molecule is CC(=O)OS(=O)(=O)N(Cc1ccccc1)c1ccc(-c2ccc(-n3ccc4ccccc43)cc2)cc1. The Labute approximate surface area is 210 Å². The molecular formula is C29H24N2O4S. The highest BCUT2D eigenvalue weighted by atomic mass is 32.2. The van der Waals surface area contributed by atoms with Crippen LogP contribution in [0, 0.1) is 0 Å². The van der Waals surface area contributed by atoms with Crippen LogP contribution in [0.2, 0.25) is 0 Å². The molecule has 36 heavy (non-hydrogen) atoms. The highest BCUT2D eigenvalue weighted by molar-refractivity contribution is 7.88. The van der Waals surface area contributed by atoms with Crippen molar-refractivity contribution in [3.8, 4) is 16.8 Å². The summed E-state index contributed by atoms with van der Waals surface area (Å²) in [5.74, 6) is -0.889. The van der Waals surface area contributed by atoms with E-state index in [1.807, 2.05) is 66.7 Å². The van der Waals surface area contributed by atoms with Gasteiger partial charge in [0.2, 0.25) is 0 Å². The third-order valence-corrected chi connectivity index (χ3v) is 7.22. The highest BCUT2D eigenvalue weighted by Crippen LogP contribution is 2.28. The van der Waals surface area contributed by atoms with Crippen LogP contribution in [-0.4, -0.2) is 19.0 Å². The number of fused-ring (bicyclic) bond motifs is 1. The molecule has 1 aromatic heterocycles. The first-order valence-electron chi connectivity index (χ1n) is 11.4. The van der Waals surface area contributed by atoms with Crippen molar-refractivity contribution in [3.63, 3.8) is 0 Å². The number of benzene rings is 4. The van der Waals surface area contributed by atoms with Crippen molar-refractivity contribution in [2.75, 3.05) is 4.31 Å². The lowest BCUT2D eigenvalue weighted by molar-refractivity contribution is -0.131. The second-order valence-corrected chi connectivity index (χ2v) is 9.83. The molecule has 7 heteroatoms. The van der Waals surface area contributed by atoms with Gasteiger partial charge in [-0.05, 0) is 58.5 Å². The van der Waals surface area contributed by atoms with Crippen molar-refractivity contribution in [2.24, 2.45) is 0 Å². The molecule has 0 amide bonds. The van der Waals surface area contributed by atoms with Gasteiger partial charge in [-0.1, -0.05) is 72.8 Å². The molecule has 0 aliphatic heterocycles. The standard InChI is InChI=1S/C29H24N2O4S/c1-22(32)35-36(33,34)31(21-23-7-3-2-4-8-23)28-17-13-25(14-18-28)24-11-15-27(16-12-24)30-20-19-26-9-5-6-10-29(26)30/h2-20H,21H2,1H3. The Balaban J connectivity index is 1.42. The molecule has 0 radical (unpaired) electrons. The fourth-order valence-corrected chi connectivity index (χ4v) is 5.26. The Morgan fingerprint density at radius 2 is 1.39 bits per heavy atom. The molecule has 0 unspecified atom stereocenters. The maximum absolute atomic E-state index is 12.8. The van der Waals surface area contributed by atoms with Crippen LogP contribution in [0.25, 0.3) is 27.7 Å². The van der Waals surface area contributed by atoms with E-state index in [1.54, 1.807) is 12.1 Å². The molecule has 0 aliphatic carbocycles. The maximum Gasteiger partial charge on any atom is 0.412 e. The summed E-state index contributed by atoms with van der Waals surface area (Å²) in [6, 6.07) is 34.8. The molecule has 4 aromatic carbocycles.